The van der Waals surface area contributed by atoms with Crippen molar-refractivity contribution in [1.29, 1.82) is 0 Å². The molecule has 0 radical (unpaired) electrons. The molecule has 18 heavy (non-hydrogen) atoms. The van der Waals surface area contributed by atoms with Gasteiger partial charge in [-0.3, -0.25) is 9.59 Å². The highest BCUT2D eigenvalue weighted by molar-refractivity contribution is 5.95. The summed E-state index contributed by atoms with van der Waals surface area (Å²) in [5, 5.41) is 0. The predicted molar refractivity (Wildman–Crippen MR) is 71.2 cm³/mol. The summed E-state index contributed by atoms with van der Waals surface area (Å²) in [6.07, 6.45) is 4.52. The SMILES string of the molecule is CCC(=O)CC(=O)OC1CCCC(C)(C(C)C)C1. The van der Waals surface area contributed by atoms with Gasteiger partial charge in [-0.1, -0.05) is 27.7 Å². The van der Waals surface area contributed by atoms with E-state index in [4.69, 9.17) is 4.74 Å². The van der Waals surface area contributed by atoms with Crippen LogP contribution in [0, 0.1) is 11.3 Å². The maximum Gasteiger partial charge on any atom is 0.313 e. The molecule has 0 amide bonds. The van der Waals surface area contributed by atoms with Gasteiger partial charge in [-0.25, -0.2) is 0 Å². The average molecular weight is 254 g/mol. The zero-order valence-corrected chi connectivity index (χ0v) is 12.1. The fraction of sp³-hybridized carbons (Fsp3) is 0.867. The molecule has 3 nitrogen and oxygen atoms in total. The molecule has 3 heteroatoms. The van der Waals surface area contributed by atoms with Crippen molar-refractivity contribution in [3.63, 3.8) is 0 Å². The lowest BCUT2D eigenvalue weighted by Crippen LogP contribution is -2.35. The van der Waals surface area contributed by atoms with Crippen LogP contribution in [0.15, 0.2) is 0 Å². The molecular formula is C15H26O3. The van der Waals surface area contributed by atoms with E-state index in [2.05, 4.69) is 20.8 Å². The normalized spacial score (nSPS) is 28.2. The summed E-state index contributed by atoms with van der Waals surface area (Å²) in [7, 11) is 0. The summed E-state index contributed by atoms with van der Waals surface area (Å²) < 4.78 is 5.45. The first-order valence-electron chi connectivity index (χ1n) is 7.08. The lowest BCUT2D eigenvalue weighted by Gasteiger charge is -2.40. The fourth-order valence-corrected chi connectivity index (χ4v) is 2.60. The molecule has 0 N–H and O–H groups in total. The van der Waals surface area contributed by atoms with Gasteiger partial charge in [0.05, 0.1) is 0 Å². The Balaban J connectivity index is 2.48. The van der Waals surface area contributed by atoms with Crippen LogP contribution in [0.4, 0.5) is 0 Å². The van der Waals surface area contributed by atoms with Crippen molar-refractivity contribution in [2.24, 2.45) is 11.3 Å². The van der Waals surface area contributed by atoms with Crippen LogP contribution in [-0.2, 0) is 14.3 Å². The van der Waals surface area contributed by atoms with Crippen LogP contribution in [0.3, 0.4) is 0 Å². The minimum absolute atomic E-state index is 0.00306. The van der Waals surface area contributed by atoms with Crippen LogP contribution in [-0.4, -0.2) is 17.9 Å². The van der Waals surface area contributed by atoms with Crippen molar-refractivity contribution in [3.05, 3.63) is 0 Å². The van der Waals surface area contributed by atoms with Crippen LogP contribution in [0.5, 0.6) is 0 Å². The summed E-state index contributed by atoms with van der Waals surface area (Å²) in [4.78, 5) is 22.8. The summed E-state index contributed by atoms with van der Waals surface area (Å²) in [5.74, 6) is 0.207. The maximum atomic E-state index is 11.6. The van der Waals surface area contributed by atoms with Crippen molar-refractivity contribution in [1.82, 2.24) is 0 Å². The molecule has 0 spiro atoms. The standard InChI is InChI=1S/C15H26O3/c1-5-12(16)9-14(17)18-13-7-6-8-15(4,10-13)11(2)3/h11,13H,5-10H2,1-4H3. The molecule has 0 heterocycles. The summed E-state index contributed by atoms with van der Waals surface area (Å²) >= 11 is 0. The van der Waals surface area contributed by atoms with Gasteiger partial charge in [-0.15, -0.1) is 0 Å². The van der Waals surface area contributed by atoms with Gasteiger partial charge in [-0.2, -0.15) is 0 Å². The van der Waals surface area contributed by atoms with E-state index in [1.807, 2.05) is 0 Å². The molecule has 1 fully saturated rings. The minimum Gasteiger partial charge on any atom is -0.462 e. The van der Waals surface area contributed by atoms with Gasteiger partial charge in [0, 0.05) is 6.42 Å². The molecule has 104 valence electrons. The Labute approximate surface area is 110 Å². The Morgan fingerprint density at radius 1 is 1.39 bits per heavy atom. The number of hydrogen-bond donors (Lipinski definition) is 0. The van der Waals surface area contributed by atoms with Gasteiger partial charge in [0.2, 0.25) is 0 Å². The zero-order chi connectivity index (χ0) is 13.8. The van der Waals surface area contributed by atoms with Gasteiger partial charge in [0.1, 0.15) is 18.3 Å². The maximum absolute atomic E-state index is 11.6. The third-order valence-electron chi connectivity index (χ3n) is 4.40. The second-order valence-corrected chi connectivity index (χ2v) is 6.09. The van der Waals surface area contributed by atoms with E-state index in [0.29, 0.717) is 12.3 Å². The van der Waals surface area contributed by atoms with E-state index in [1.54, 1.807) is 6.92 Å². The van der Waals surface area contributed by atoms with E-state index in [0.717, 1.165) is 19.3 Å². The lowest BCUT2D eigenvalue weighted by molar-refractivity contribution is -0.154. The molecule has 1 aliphatic rings. The number of hydrogen-bond acceptors (Lipinski definition) is 3. The largest absolute Gasteiger partial charge is 0.462 e. The van der Waals surface area contributed by atoms with E-state index >= 15 is 0 Å². The molecular weight excluding hydrogens is 228 g/mol. The van der Waals surface area contributed by atoms with E-state index in [1.165, 1.54) is 6.42 Å². The number of carbonyl (C=O) groups excluding carboxylic acids is 2. The van der Waals surface area contributed by atoms with Crippen molar-refractivity contribution in [2.75, 3.05) is 0 Å². The molecule has 1 aliphatic carbocycles. The third-order valence-corrected chi connectivity index (χ3v) is 4.40. The van der Waals surface area contributed by atoms with E-state index < -0.39 is 0 Å². The molecule has 2 unspecified atom stereocenters. The first-order valence-corrected chi connectivity index (χ1v) is 7.08. The molecule has 1 saturated carbocycles. The van der Waals surface area contributed by atoms with Crippen LogP contribution in [0.25, 0.3) is 0 Å². The molecule has 0 aromatic rings. The average Bonchev–Trinajstić information content (AvgIpc) is 2.28. The fourth-order valence-electron chi connectivity index (χ4n) is 2.60. The van der Waals surface area contributed by atoms with Gasteiger partial charge in [0.25, 0.3) is 0 Å². The van der Waals surface area contributed by atoms with Crippen molar-refractivity contribution >= 4 is 11.8 Å². The Morgan fingerprint density at radius 2 is 2.06 bits per heavy atom. The second kappa shape index (κ2) is 6.35. The monoisotopic (exact) mass is 254 g/mol. The first kappa shape index (κ1) is 15.2. The molecule has 0 saturated heterocycles. The van der Waals surface area contributed by atoms with Crippen LogP contribution < -0.4 is 0 Å². The van der Waals surface area contributed by atoms with Crippen molar-refractivity contribution in [3.8, 4) is 0 Å². The number of Topliss-reactive ketones (excluding diaryl/α,β-unsaturated/α-hetero) is 1. The minimum atomic E-state index is -0.347. The van der Waals surface area contributed by atoms with Crippen LogP contribution in [0.1, 0.15) is 66.2 Å². The van der Waals surface area contributed by atoms with Crippen molar-refractivity contribution in [2.45, 2.75) is 72.3 Å². The Morgan fingerprint density at radius 3 is 2.61 bits per heavy atom. The predicted octanol–water partition coefficient (Wildman–Crippen LogP) is 3.50. The highest BCUT2D eigenvalue weighted by Crippen LogP contribution is 2.42. The number of rotatable bonds is 5. The second-order valence-electron chi connectivity index (χ2n) is 6.09. The molecule has 0 aliphatic heterocycles. The highest BCUT2D eigenvalue weighted by Gasteiger charge is 2.36. The summed E-state index contributed by atoms with van der Waals surface area (Å²) in [6, 6.07) is 0. The number of ether oxygens (including phenoxy) is 1. The Hall–Kier alpha value is -0.860. The Bertz CT molecular complexity index is 309. The van der Waals surface area contributed by atoms with Crippen LogP contribution in [0.2, 0.25) is 0 Å². The number of ketones is 1. The Kier molecular flexibility index (Phi) is 5.36. The van der Waals surface area contributed by atoms with Crippen molar-refractivity contribution < 1.29 is 14.3 Å². The van der Waals surface area contributed by atoms with E-state index in [-0.39, 0.29) is 29.7 Å². The summed E-state index contributed by atoms with van der Waals surface area (Å²) in [6.45, 7) is 8.50. The topological polar surface area (TPSA) is 43.4 Å². The highest BCUT2D eigenvalue weighted by atomic mass is 16.5. The first-order chi connectivity index (χ1) is 8.37. The van der Waals surface area contributed by atoms with Gasteiger partial charge < -0.3 is 4.74 Å². The molecule has 0 aromatic heterocycles. The molecule has 0 aromatic carbocycles. The number of esters is 1. The summed E-state index contributed by atoms with van der Waals surface area (Å²) in [5.41, 5.74) is 0.262. The van der Waals surface area contributed by atoms with Gasteiger partial charge in [0.15, 0.2) is 0 Å². The smallest absolute Gasteiger partial charge is 0.313 e. The third kappa shape index (κ3) is 4.11. The quantitative estimate of drug-likeness (QED) is 0.557. The molecule has 2 atom stereocenters. The van der Waals surface area contributed by atoms with E-state index in [9.17, 15) is 9.59 Å². The lowest BCUT2D eigenvalue weighted by atomic mass is 9.67. The zero-order valence-electron chi connectivity index (χ0n) is 12.1. The van der Waals surface area contributed by atoms with Gasteiger partial charge >= 0.3 is 5.97 Å². The molecule has 1 rings (SSSR count). The van der Waals surface area contributed by atoms with Gasteiger partial charge in [-0.05, 0) is 37.0 Å². The molecule has 0 bridgehead atoms. The van der Waals surface area contributed by atoms with Crippen LogP contribution >= 0.6 is 0 Å². The number of carbonyl (C=O) groups is 2.